The summed E-state index contributed by atoms with van der Waals surface area (Å²) in [6.45, 7) is 4.44. The standard InChI is InChI=1S/C14H15BrN2O/c1-9-3-10(2)5-12(4-9)18-14-6-11(15)8-17-13(14)7-16/h3-6,8H,7,16H2,1-2H3. The van der Waals surface area contributed by atoms with E-state index in [2.05, 4.69) is 27.0 Å². The molecule has 0 saturated carbocycles. The van der Waals surface area contributed by atoms with E-state index in [1.165, 1.54) is 11.1 Å². The summed E-state index contributed by atoms with van der Waals surface area (Å²) in [5.74, 6) is 1.50. The Hall–Kier alpha value is -1.39. The van der Waals surface area contributed by atoms with Gasteiger partial charge in [0.2, 0.25) is 0 Å². The topological polar surface area (TPSA) is 48.1 Å². The van der Waals surface area contributed by atoms with Crippen LogP contribution in [0.4, 0.5) is 0 Å². The maximum atomic E-state index is 5.87. The highest BCUT2D eigenvalue weighted by molar-refractivity contribution is 9.10. The summed E-state index contributed by atoms with van der Waals surface area (Å²) in [6.07, 6.45) is 1.72. The van der Waals surface area contributed by atoms with Crippen LogP contribution in [0.2, 0.25) is 0 Å². The Labute approximate surface area is 115 Å². The molecular weight excluding hydrogens is 292 g/mol. The molecule has 0 aliphatic rings. The van der Waals surface area contributed by atoms with Crippen LogP contribution in [0.25, 0.3) is 0 Å². The molecular formula is C14H15BrN2O. The number of halogens is 1. The molecule has 3 nitrogen and oxygen atoms in total. The highest BCUT2D eigenvalue weighted by atomic mass is 79.9. The minimum Gasteiger partial charge on any atom is -0.455 e. The number of pyridine rings is 1. The van der Waals surface area contributed by atoms with Crippen LogP contribution in [-0.4, -0.2) is 4.98 Å². The van der Waals surface area contributed by atoms with Crippen LogP contribution in [0.5, 0.6) is 11.5 Å². The van der Waals surface area contributed by atoms with Crippen LogP contribution in [-0.2, 0) is 6.54 Å². The average molecular weight is 307 g/mol. The van der Waals surface area contributed by atoms with Gasteiger partial charge >= 0.3 is 0 Å². The fourth-order valence-corrected chi connectivity index (χ4v) is 2.12. The summed E-state index contributed by atoms with van der Waals surface area (Å²) in [5, 5.41) is 0. The maximum Gasteiger partial charge on any atom is 0.151 e. The second kappa shape index (κ2) is 5.50. The maximum absolute atomic E-state index is 5.87. The first-order valence-corrected chi connectivity index (χ1v) is 6.48. The van der Waals surface area contributed by atoms with Crippen LogP contribution < -0.4 is 10.5 Å². The molecule has 2 rings (SSSR count). The summed E-state index contributed by atoms with van der Waals surface area (Å²) >= 11 is 3.38. The van der Waals surface area contributed by atoms with Crippen molar-refractivity contribution in [2.45, 2.75) is 20.4 Å². The van der Waals surface area contributed by atoms with Crippen LogP contribution in [0.3, 0.4) is 0 Å². The fraction of sp³-hybridized carbons (Fsp3) is 0.214. The molecule has 0 atom stereocenters. The van der Waals surface area contributed by atoms with Gasteiger partial charge in [-0.15, -0.1) is 0 Å². The Morgan fingerprint density at radius 2 is 1.83 bits per heavy atom. The minimum absolute atomic E-state index is 0.355. The quantitative estimate of drug-likeness (QED) is 0.940. The van der Waals surface area contributed by atoms with Gasteiger partial charge in [0.05, 0.1) is 5.69 Å². The van der Waals surface area contributed by atoms with Crippen molar-refractivity contribution in [1.82, 2.24) is 4.98 Å². The van der Waals surface area contributed by atoms with E-state index in [9.17, 15) is 0 Å². The third-order valence-electron chi connectivity index (χ3n) is 2.51. The molecule has 0 unspecified atom stereocenters. The Morgan fingerprint density at radius 1 is 1.17 bits per heavy atom. The monoisotopic (exact) mass is 306 g/mol. The molecule has 0 spiro atoms. The van der Waals surface area contributed by atoms with E-state index in [-0.39, 0.29) is 0 Å². The molecule has 1 heterocycles. The molecule has 0 amide bonds. The molecule has 2 N–H and O–H groups in total. The summed E-state index contributed by atoms with van der Waals surface area (Å²) in [5.41, 5.74) is 8.74. The van der Waals surface area contributed by atoms with Gasteiger partial charge in [-0.05, 0) is 59.1 Å². The van der Waals surface area contributed by atoms with Gasteiger partial charge in [-0.3, -0.25) is 4.98 Å². The van der Waals surface area contributed by atoms with Crippen molar-refractivity contribution in [3.8, 4) is 11.5 Å². The van der Waals surface area contributed by atoms with Crippen LogP contribution in [0.1, 0.15) is 16.8 Å². The van der Waals surface area contributed by atoms with Gasteiger partial charge in [0.15, 0.2) is 5.75 Å². The van der Waals surface area contributed by atoms with Crippen molar-refractivity contribution >= 4 is 15.9 Å². The second-order valence-corrected chi connectivity index (χ2v) is 5.14. The van der Waals surface area contributed by atoms with Gasteiger partial charge in [-0.2, -0.15) is 0 Å². The van der Waals surface area contributed by atoms with E-state index < -0.39 is 0 Å². The highest BCUT2D eigenvalue weighted by Crippen LogP contribution is 2.28. The number of benzene rings is 1. The van der Waals surface area contributed by atoms with Crippen molar-refractivity contribution in [1.29, 1.82) is 0 Å². The summed E-state index contributed by atoms with van der Waals surface area (Å²) in [7, 11) is 0. The number of hydrogen-bond acceptors (Lipinski definition) is 3. The third kappa shape index (κ3) is 3.09. The van der Waals surface area contributed by atoms with Crippen LogP contribution >= 0.6 is 15.9 Å². The molecule has 1 aromatic carbocycles. The van der Waals surface area contributed by atoms with E-state index in [1.807, 2.05) is 32.0 Å². The van der Waals surface area contributed by atoms with Gasteiger partial charge in [0, 0.05) is 17.2 Å². The van der Waals surface area contributed by atoms with E-state index in [1.54, 1.807) is 6.20 Å². The zero-order valence-corrected chi connectivity index (χ0v) is 12.0. The molecule has 0 saturated heterocycles. The Morgan fingerprint density at radius 3 is 2.44 bits per heavy atom. The minimum atomic E-state index is 0.355. The Bertz CT molecular complexity index is 549. The first kappa shape index (κ1) is 13.1. The number of aromatic nitrogens is 1. The molecule has 0 aliphatic heterocycles. The fourth-order valence-electron chi connectivity index (χ4n) is 1.81. The molecule has 0 fully saturated rings. The molecule has 0 aliphatic carbocycles. The van der Waals surface area contributed by atoms with Crippen LogP contribution in [0, 0.1) is 13.8 Å². The smallest absolute Gasteiger partial charge is 0.151 e. The molecule has 18 heavy (non-hydrogen) atoms. The van der Waals surface area contributed by atoms with E-state index >= 15 is 0 Å². The lowest BCUT2D eigenvalue weighted by Crippen LogP contribution is -2.02. The Kier molecular flexibility index (Phi) is 3.99. The zero-order chi connectivity index (χ0) is 13.1. The summed E-state index contributed by atoms with van der Waals surface area (Å²) < 4.78 is 6.74. The molecule has 4 heteroatoms. The normalized spacial score (nSPS) is 10.4. The SMILES string of the molecule is Cc1cc(C)cc(Oc2cc(Br)cnc2CN)c1. The van der Waals surface area contributed by atoms with Crippen molar-refractivity contribution in [2.24, 2.45) is 5.73 Å². The zero-order valence-electron chi connectivity index (χ0n) is 10.4. The predicted molar refractivity (Wildman–Crippen MR) is 75.8 cm³/mol. The number of ether oxygens (including phenoxy) is 1. The van der Waals surface area contributed by atoms with Gasteiger partial charge in [-0.1, -0.05) is 6.07 Å². The predicted octanol–water partition coefficient (Wildman–Crippen LogP) is 3.71. The van der Waals surface area contributed by atoms with E-state index in [4.69, 9.17) is 10.5 Å². The first-order valence-electron chi connectivity index (χ1n) is 5.69. The van der Waals surface area contributed by atoms with E-state index in [0.717, 1.165) is 15.9 Å². The average Bonchev–Trinajstić information content (AvgIpc) is 2.27. The van der Waals surface area contributed by atoms with Gasteiger partial charge in [0.25, 0.3) is 0 Å². The first-order chi connectivity index (χ1) is 8.58. The molecule has 94 valence electrons. The lowest BCUT2D eigenvalue weighted by molar-refractivity contribution is 0.471. The lowest BCUT2D eigenvalue weighted by Gasteiger charge is -2.11. The van der Waals surface area contributed by atoms with Crippen molar-refractivity contribution in [3.63, 3.8) is 0 Å². The molecule has 2 aromatic rings. The number of aryl methyl sites for hydroxylation is 2. The summed E-state index contributed by atoms with van der Waals surface area (Å²) in [6, 6.07) is 7.98. The lowest BCUT2D eigenvalue weighted by atomic mass is 10.1. The largest absolute Gasteiger partial charge is 0.455 e. The van der Waals surface area contributed by atoms with Crippen LogP contribution in [0.15, 0.2) is 34.9 Å². The molecule has 0 radical (unpaired) electrons. The van der Waals surface area contributed by atoms with Gasteiger partial charge < -0.3 is 10.5 Å². The summed E-state index contributed by atoms with van der Waals surface area (Å²) in [4.78, 5) is 4.24. The molecule has 1 aromatic heterocycles. The number of rotatable bonds is 3. The van der Waals surface area contributed by atoms with Crippen molar-refractivity contribution in [2.75, 3.05) is 0 Å². The number of nitrogens with two attached hydrogens (primary N) is 1. The Balaban J connectivity index is 2.35. The second-order valence-electron chi connectivity index (χ2n) is 4.23. The third-order valence-corrected chi connectivity index (χ3v) is 2.95. The number of hydrogen-bond donors (Lipinski definition) is 1. The van der Waals surface area contributed by atoms with Gasteiger partial charge in [-0.25, -0.2) is 0 Å². The highest BCUT2D eigenvalue weighted by Gasteiger charge is 2.07. The van der Waals surface area contributed by atoms with Crippen molar-refractivity contribution in [3.05, 3.63) is 51.8 Å². The molecule has 0 bridgehead atoms. The van der Waals surface area contributed by atoms with Gasteiger partial charge in [0.1, 0.15) is 5.75 Å². The number of nitrogens with zero attached hydrogens (tertiary/aromatic N) is 1. The van der Waals surface area contributed by atoms with E-state index in [0.29, 0.717) is 12.3 Å². The van der Waals surface area contributed by atoms with Crippen molar-refractivity contribution < 1.29 is 4.74 Å².